The van der Waals surface area contributed by atoms with Crippen LogP contribution in [-0.2, 0) is 14.3 Å². The quantitative estimate of drug-likeness (QED) is 0.464. The van der Waals surface area contributed by atoms with E-state index in [1.807, 2.05) is 0 Å². The van der Waals surface area contributed by atoms with Gasteiger partial charge >= 0.3 is 11.9 Å². The van der Waals surface area contributed by atoms with Gasteiger partial charge in [0.25, 0.3) is 0 Å². The number of aryl methyl sites for hydroxylation is 1. The van der Waals surface area contributed by atoms with Crippen molar-refractivity contribution in [1.29, 1.82) is 0 Å². The van der Waals surface area contributed by atoms with Gasteiger partial charge in [0, 0.05) is 6.08 Å². The summed E-state index contributed by atoms with van der Waals surface area (Å²) in [7, 11) is 1.31. The Balaban J connectivity index is 2.68. The number of carbonyl (C=O) groups excluding carboxylic acids is 2. The van der Waals surface area contributed by atoms with Crippen LogP contribution in [0.15, 0.2) is 28.7 Å². The van der Waals surface area contributed by atoms with Crippen molar-refractivity contribution in [3.8, 4) is 0 Å². The molecule has 0 radical (unpaired) electrons. The molecule has 0 aliphatic heterocycles. The Morgan fingerprint density at radius 1 is 1.37 bits per heavy atom. The van der Waals surface area contributed by atoms with Crippen molar-refractivity contribution >= 4 is 18.0 Å². The van der Waals surface area contributed by atoms with E-state index in [0.29, 0.717) is 23.7 Å². The average molecular weight is 264 g/mol. The van der Waals surface area contributed by atoms with Gasteiger partial charge in [-0.2, -0.15) is 0 Å². The predicted molar refractivity (Wildman–Crippen MR) is 69.6 cm³/mol. The van der Waals surface area contributed by atoms with Crippen molar-refractivity contribution < 1.29 is 23.5 Å². The standard InChI is InChI=1S/C14H16O5/c1-4-18-13(15)8-6-5-7-11-9-12(10(2)19-11)14(16)17-3/h5-9H,4H2,1-3H3. The van der Waals surface area contributed by atoms with Crippen LogP contribution >= 0.6 is 0 Å². The van der Waals surface area contributed by atoms with Crippen molar-refractivity contribution in [2.24, 2.45) is 0 Å². The van der Waals surface area contributed by atoms with Crippen LogP contribution in [0.4, 0.5) is 0 Å². The fraction of sp³-hybridized carbons (Fsp3) is 0.286. The van der Waals surface area contributed by atoms with Crippen LogP contribution in [0.3, 0.4) is 0 Å². The lowest BCUT2D eigenvalue weighted by Crippen LogP contribution is -2.00. The molecule has 5 nitrogen and oxygen atoms in total. The van der Waals surface area contributed by atoms with Gasteiger partial charge in [-0.3, -0.25) is 0 Å². The Morgan fingerprint density at radius 2 is 2.11 bits per heavy atom. The topological polar surface area (TPSA) is 65.7 Å². The number of carbonyl (C=O) groups is 2. The van der Waals surface area contributed by atoms with Crippen LogP contribution in [0.2, 0.25) is 0 Å². The first-order chi connectivity index (χ1) is 9.08. The number of rotatable bonds is 5. The normalized spacial score (nSPS) is 11.1. The maximum absolute atomic E-state index is 11.4. The van der Waals surface area contributed by atoms with E-state index >= 15 is 0 Å². The predicted octanol–water partition coefficient (Wildman–Crippen LogP) is 2.51. The van der Waals surface area contributed by atoms with Gasteiger partial charge in [-0.15, -0.1) is 0 Å². The van der Waals surface area contributed by atoms with E-state index in [4.69, 9.17) is 9.15 Å². The highest BCUT2D eigenvalue weighted by Crippen LogP contribution is 2.16. The zero-order chi connectivity index (χ0) is 14.3. The van der Waals surface area contributed by atoms with Crippen LogP contribution in [0.25, 0.3) is 6.08 Å². The molecule has 102 valence electrons. The summed E-state index contributed by atoms with van der Waals surface area (Å²) >= 11 is 0. The van der Waals surface area contributed by atoms with E-state index in [1.54, 1.807) is 32.1 Å². The third-order valence-corrected chi connectivity index (χ3v) is 2.23. The van der Waals surface area contributed by atoms with Crippen LogP contribution < -0.4 is 0 Å². The minimum atomic E-state index is -0.442. The van der Waals surface area contributed by atoms with Crippen molar-refractivity contribution in [3.05, 3.63) is 41.4 Å². The highest BCUT2D eigenvalue weighted by Gasteiger charge is 2.13. The Hall–Kier alpha value is -2.30. The van der Waals surface area contributed by atoms with Crippen LogP contribution in [0.1, 0.15) is 28.8 Å². The number of ether oxygens (including phenoxy) is 2. The second-order valence-corrected chi connectivity index (χ2v) is 3.58. The van der Waals surface area contributed by atoms with Gasteiger partial charge < -0.3 is 13.9 Å². The molecule has 0 aliphatic carbocycles. The lowest BCUT2D eigenvalue weighted by Gasteiger charge is -1.93. The van der Waals surface area contributed by atoms with E-state index in [1.165, 1.54) is 19.3 Å². The smallest absolute Gasteiger partial charge is 0.341 e. The molecule has 19 heavy (non-hydrogen) atoms. The molecule has 1 heterocycles. The van der Waals surface area contributed by atoms with Gasteiger partial charge in [-0.25, -0.2) is 9.59 Å². The summed E-state index contributed by atoms with van der Waals surface area (Å²) in [6.07, 6.45) is 6.09. The molecule has 0 saturated carbocycles. The molecule has 1 aromatic heterocycles. The van der Waals surface area contributed by atoms with Gasteiger partial charge in [0.15, 0.2) is 0 Å². The minimum absolute atomic E-state index is 0.340. The Labute approximate surface area is 111 Å². The summed E-state index contributed by atoms with van der Waals surface area (Å²) in [6.45, 7) is 3.76. The highest BCUT2D eigenvalue weighted by atomic mass is 16.5. The molecule has 0 bridgehead atoms. The third kappa shape index (κ3) is 4.46. The number of furan rings is 1. The van der Waals surface area contributed by atoms with Gasteiger partial charge in [0.1, 0.15) is 17.1 Å². The van der Waals surface area contributed by atoms with Crippen molar-refractivity contribution in [2.45, 2.75) is 13.8 Å². The Morgan fingerprint density at radius 3 is 2.74 bits per heavy atom. The first-order valence-corrected chi connectivity index (χ1v) is 5.78. The lowest BCUT2D eigenvalue weighted by atomic mass is 10.2. The van der Waals surface area contributed by atoms with E-state index in [0.717, 1.165) is 0 Å². The zero-order valence-corrected chi connectivity index (χ0v) is 11.1. The third-order valence-electron chi connectivity index (χ3n) is 2.23. The molecule has 0 atom stereocenters. The SMILES string of the molecule is CCOC(=O)C=CC=Cc1cc(C(=O)OC)c(C)o1. The maximum atomic E-state index is 11.4. The summed E-state index contributed by atoms with van der Waals surface area (Å²) in [5, 5.41) is 0. The molecular weight excluding hydrogens is 248 g/mol. The number of hydrogen-bond donors (Lipinski definition) is 0. The Kier molecular flexibility index (Phi) is 5.60. The van der Waals surface area contributed by atoms with Crippen molar-refractivity contribution in [2.75, 3.05) is 13.7 Å². The molecular formula is C14H16O5. The second kappa shape index (κ2) is 7.20. The summed E-state index contributed by atoms with van der Waals surface area (Å²) in [5.74, 6) is 0.147. The molecule has 0 saturated heterocycles. The van der Waals surface area contributed by atoms with E-state index in [-0.39, 0.29) is 0 Å². The van der Waals surface area contributed by atoms with Crippen molar-refractivity contribution in [3.63, 3.8) is 0 Å². The van der Waals surface area contributed by atoms with Crippen LogP contribution in [0, 0.1) is 6.92 Å². The number of methoxy groups -OCH3 is 1. The largest absolute Gasteiger partial charge is 0.465 e. The number of allylic oxidation sites excluding steroid dienone is 2. The molecule has 0 spiro atoms. The number of hydrogen-bond acceptors (Lipinski definition) is 5. The molecule has 1 aromatic rings. The molecule has 0 N–H and O–H groups in total. The monoisotopic (exact) mass is 264 g/mol. The van der Waals surface area contributed by atoms with E-state index in [2.05, 4.69) is 4.74 Å². The van der Waals surface area contributed by atoms with Gasteiger partial charge in [-0.1, -0.05) is 12.2 Å². The van der Waals surface area contributed by atoms with Crippen LogP contribution in [0.5, 0.6) is 0 Å². The fourth-order valence-corrected chi connectivity index (χ4v) is 1.37. The van der Waals surface area contributed by atoms with Crippen LogP contribution in [-0.4, -0.2) is 25.7 Å². The minimum Gasteiger partial charge on any atom is -0.465 e. The summed E-state index contributed by atoms with van der Waals surface area (Å²) in [6, 6.07) is 1.58. The lowest BCUT2D eigenvalue weighted by molar-refractivity contribution is -0.137. The zero-order valence-electron chi connectivity index (χ0n) is 11.1. The number of esters is 2. The molecule has 0 aliphatic rings. The summed E-state index contributed by atoms with van der Waals surface area (Å²) in [4.78, 5) is 22.4. The van der Waals surface area contributed by atoms with Gasteiger partial charge in [-0.05, 0) is 26.0 Å². The van der Waals surface area contributed by atoms with Crippen molar-refractivity contribution in [1.82, 2.24) is 0 Å². The van der Waals surface area contributed by atoms with Gasteiger partial charge in [0.2, 0.25) is 0 Å². The molecule has 0 amide bonds. The molecule has 0 fully saturated rings. The molecule has 1 rings (SSSR count). The first-order valence-electron chi connectivity index (χ1n) is 5.78. The molecule has 0 aromatic carbocycles. The van der Waals surface area contributed by atoms with E-state index < -0.39 is 11.9 Å². The molecule has 0 unspecified atom stereocenters. The summed E-state index contributed by atoms with van der Waals surface area (Å²) in [5.41, 5.74) is 0.386. The van der Waals surface area contributed by atoms with Gasteiger partial charge in [0.05, 0.1) is 13.7 Å². The Bertz CT molecular complexity index is 508. The average Bonchev–Trinajstić information content (AvgIpc) is 2.75. The highest BCUT2D eigenvalue weighted by molar-refractivity contribution is 5.91. The fourth-order valence-electron chi connectivity index (χ4n) is 1.37. The first kappa shape index (κ1) is 14.8. The maximum Gasteiger partial charge on any atom is 0.341 e. The van der Waals surface area contributed by atoms with E-state index in [9.17, 15) is 9.59 Å². The summed E-state index contributed by atoms with van der Waals surface area (Å²) < 4.78 is 14.7. The molecule has 5 heteroatoms. The second-order valence-electron chi connectivity index (χ2n) is 3.58.